The normalized spacial score (nSPS) is 9.75. The van der Waals surface area contributed by atoms with Gasteiger partial charge in [0.2, 0.25) is 0 Å². The van der Waals surface area contributed by atoms with Crippen molar-refractivity contribution < 1.29 is 4.79 Å². The zero-order valence-electron chi connectivity index (χ0n) is 8.45. The molecule has 0 bridgehead atoms. The Morgan fingerprint density at radius 1 is 1.12 bits per heavy atom. The summed E-state index contributed by atoms with van der Waals surface area (Å²) in [5.41, 5.74) is 5.98. The van der Waals surface area contributed by atoms with E-state index in [-0.39, 0.29) is 0 Å². The highest BCUT2D eigenvalue weighted by atomic mass is 16.2. The molecule has 0 saturated carbocycles. The van der Waals surface area contributed by atoms with Gasteiger partial charge >= 0.3 is 6.03 Å². The number of amides is 2. The molecule has 0 spiro atoms. The van der Waals surface area contributed by atoms with Crippen molar-refractivity contribution in [3.63, 3.8) is 0 Å². The molecule has 1 heterocycles. The smallest absolute Gasteiger partial charge is 0.325 e. The van der Waals surface area contributed by atoms with Crippen LogP contribution in [0.3, 0.4) is 0 Å². The van der Waals surface area contributed by atoms with Crippen molar-refractivity contribution in [2.75, 3.05) is 4.90 Å². The molecule has 1 aromatic carbocycles. The molecular formula is C11H10N4O. The van der Waals surface area contributed by atoms with Crippen LogP contribution >= 0.6 is 0 Å². The Morgan fingerprint density at radius 2 is 1.88 bits per heavy atom. The molecule has 0 aliphatic carbocycles. The van der Waals surface area contributed by atoms with Gasteiger partial charge in [0.15, 0.2) is 5.82 Å². The number of nitrogens with zero attached hydrogens (tertiary/aromatic N) is 3. The average Bonchev–Trinajstić information content (AvgIpc) is 2.31. The molecule has 0 unspecified atom stereocenters. The van der Waals surface area contributed by atoms with Gasteiger partial charge in [0, 0.05) is 6.20 Å². The fraction of sp³-hybridized carbons (Fsp3) is 0. The minimum atomic E-state index is -0.591. The molecule has 0 saturated heterocycles. The predicted molar refractivity (Wildman–Crippen MR) is 60.2 cm³/mol. The molecule has 16 heavy (non-hydrogen) atoms. The van der Waals surface area contributed by atoms with E-state index in [4.69, 9.17) is 5.73 Å². The van der Waals surface area contributed by atoms with E-state index in [9.17, 15) is 4.79 Å². The number of rotatable bonds is 2. The van der Waals surface area contributed by atoms with Crippen LogP contribution in [0, 0.1) is 0 Å². The first kappa shape index (κ1) is 10.1. The Kier molecular flexibility index (Phi) is 2.77. The van der Waals surface area contributed by atoms with Crippen LogP contribution in [0.2, 0.25) is 0 Å². The van der Waals surface area contributed by atoms with Crippen LogP contribution in [0.5, 0.6) is 0 Å². The van der Waals surface area contributed by atoms with Gasteiger partial charge in [-0.05, 0) is 24.3 Å². The number of carbonyl (C=O) groups is 1. The van der Waals surface area contributed by atoms with E-state index in [1.54, 1.807) is 24.3 Å². The molecule has 0 aliphatic heterocycles. The molecule has 0 atom stereocenters. The quantitative estimate of drug-likeness (QED) is 0.826. The summed E-state index contributed by atoms with van der Waals surface area (Å²) in [6.45, 7) is 0. The highest BCUT2D eigenvalue weighted by Gasteiger charge is 2.15. The summed E-state index contributed by atoms with van der Waals surface area (Å²) >= 11 is 0. The van der Waals surface area contributed by atoms with Crippen molar-refractivity contribution in [3.8, 4) is 0 Å². The number of urea groups is 1. The van der Waals surface area contributed by atoms with E-state index in [2.05, 4.69) is 10.2 Å². The molecule has 80 valence electrons. The third-order valence-corrected chi connectivity index (χ3v) is 2.02. The minimum absolute atomic E-state index is 0.404. The third kappa shape index (κ3) is 1.98. The van der Waals surface area contributed by atoms with Crippen molar-refractivity contribution in [1.29, 1.82) is 0 Å². The molecule has 2 N–H and O–H groups in total. The van der Waals surface area contributed by atoms with E-state index in [0.717, 1.165) is 0 Å². The second-order valence-corrected chi connectivity index (χ2v) is 3.09. The first-order valence-corrected chi connectivity index (χ1v) is 4.71. The maximum Gasteiger partial charge on any atom is 0.325 e. The van der Waals surface area contributed by atoms with Crippen LogP contribution in [0.1, 0.15) is 0 Å². The van der Waals surface area contributed by atoms with E-state index >= 15 is 0 Å². The zero-order chi connectivity index (χ0) is 11.4. The largest absolute Gasteiger partial charge is 0.351 e. The van der Waals surface area contributed by atoms with Crippen molar-refractivity contribution in [3.05, 3.63) is 48.7 Å². The van der Waals surface area contributed by atoms with Crippen molar-refractivity contribution in [2.24, 2.45) is 5.73 Å². The van der Waals surface area contributed by atoms with Gasteiger partial charge in [0.1, 0.15) is 0 Å². The van der Waals surface area contributed by atoms with E-state index < -0.39 is 6.03 Å². The average molecular weight is 214 g/mol. The van der Waals surface area contributed by atoms with Gasteiger partial charge in [-0.2, -0.15) is 5.10 Å². The van der Waals surface area contributed by atoms with Gasteiger partial charge in [-0.25, -0.2) is 9.69 Å². The number of primary amides is 1. The molecule has 5 nitrogen and oxygen atoms in total. The summed E-state index contributed by atoms with van der Waals surface area (Å²) in [4.78, 5) is 12.7. The van der Waals surface area contributed by atoms with Crippen LogP contribution in [0.15, 0.2) is 48.7 Å². The second-order valence-electron chi connectivity index (χ2n) is 3.09. The van der Waals surface area contributed by atoms with Crippen LogP contribution in [0.4, 0.5) is 16.3 Å². The molecular weight excluding hydrogens is 204 g/mol. The highest BCUT2D eigenvalue weighted by molar-refractivity contribution is 5.97. The van der Waals surface area contributed by atoms with E-state index in [1.165, 1.54) is 11.1 Å². The summed E-state index contributed by atoms with van der Waals surface area (Å²) < 4.78 is 0. The molecule has 2 amide bonds. The molecule has 2 aromatic rings. The topological polar surface area (TPSA) is 72.1 Å². The summed E-state index contributed by atoms with van der Waals surface area (Å²) in [5, 5.41) is 7.57. The van der Waals surface area contributed by atoms with Gasteiger partial charge in [-0.3, -0.25) is 0 Å². The highest BCUT2D eigenvalue weighted by Crippen LogP contribution is 2.21. The first-order valence-electron chi connectivity index (χ1n) is 4.71. The lowest BCUT2D eigenvalue weighted by Crippen LogP contribution is -2.32. The van der Waals surface area contributed by atoms with Crippen LogP contribution in [0.25, 0.3) is 0 Å². The van der Waals surface area contributed by atoms with E-state index in [0.29, 0.717) is 11.5 Å². The van der Waals surface area contributed by atoms with Gasteiger partial charge in [0.05, 0.1) is 5.69 Å². The number of carbonyl (C=O) groups excluding carboxylic acids is 1. The minimum Gasteiger partial charge on any atom is -0.351 e. The van der Waals surface area contributed by atoms with Gasteiger partial charge in [-0.15, -0.1) is 5.10 Å². The van der Waals surface area contributed by atoms with Gasteiger partial charge in [0.25, 0.3) is 0 Å². The Labute approximate surface area is 92.5 Å². The molecule has 5 heteroatoms. The number of hydrogen-bond donors (Lipinski definition) is 1. The fourth-order valence-electron chi connectivity index (χ4n) is 1.36. The van der Waals surface area contributed by atoms with Crippen molar-refractivity contribution in [1.82, 2.24) is 10.2 Å². The Balaban J connectivity index is 2.44. The van der Waals surface area contributed by atoms with Crippen molar-refractivity contribution in [2.45, 2.75) is 0 Å². The maximum absolute atomic E-state index is 11.4. The van der Waals surface area contributed by atoms with Crippen LogP contribution in [-0.4, -0.2) is 16.2 Å². The van der Waals surface area contributed by atoms with Crippen molar-refractivity contribution >= 4 is 17.5 Å². The number of benzene rings is 1. The predicted octanol–water partition coefficient (Wildman–Crippen LogP) is 1.69. The molecule has 0 radical (unpaired) electrons. The lowest BCUT2D eigenvalue weighted by atomic mass is 10.3. The lowest BCUT2D eigenvalue weighted by Gasteiger charge is -2.18. The van der Waals surface area contributed by atoms with Gasteiger partial charge in [-0.1, -0.05) is 18.2 Å². The summed E-state index contributed by atoms with van der Waals surface area (Å²) in [6.07, 6.45) is 1.54. The standard InChI is InChI=1S/C11H10N4O/c12-11(16)15(9-5-2-1-3-6-9)10-7-4-8-13-14-10/h1-8H,(H2,12,16). The number of hydrogen-bond acceptors (Lipinski definition) is 3. The number of aromatic nitrogens is 2. The summed E-state index contributed by atoms with van der Waals surface area (Å²) in [5.74, 6) is 0.404. The number of para-hydroxylation sites is 1. The monoisotopic (exact) mass is 214 g/mol. The SMILES string of the molecule is NC(=O)N(c1ccccc1)c1cccnn1. The Morgan fingerprint density at radius 3 is 2.44 bits per heavy atom. The number of anilines is 2. The zero-order valence-corrected chi connectivity index (χ0v) is 8.45. The summed E-state index contributed by atoms with van der Waals surface area (Å²) in [6, 6.07) is 11.8. The fourth-order valence-corrected chi connectivity index (χ4v) is 1.36. The Bertz CT molecular complexity index is 432. The van der Waals surface area contributed by atoms with E-state index in [1.807, 2.05) is 18.2 Å². The molecule has 0 fully saturated rings. The maximum atomic E-state index is 11.4. The van der Waals surface area contributed by atoms with Crippen LogP contribution < -0.4 is 10.6 Å². The van der Waals surface area contributed by atoms with Gasteiger partial charge < -0.3 is 5.73 Å². The lowest BCUT2D eigenvalue weighted by molar-refractivity contribution is 0.256. The third-order valence-electron chi connectivity index (χ3n) is 2.02. The second kappa shape index (κ2) is 4.39. The Hall–Kier alpha value is -2.43. The first-order chi connectivity index (χ1) is 7.79. The molecule has 1 aromatic heterocycles. The molecule has 2 rings (SSSR count). The summed E-state index contributed by atoms with van der Waals surface area (Å²) in [7, 11) is 0. The molecule has 0 aliphatic rings. The van der Waals surface area contributed by atoms with Crippen LogP contribution in [-0.2, 0) is 0 Å². The number of nitrogens with two attached hydrogens (primary N) is 1.